The van der Waals surface area contributed by atoms with Crippen molar-refractivity contribution in [2.75, 3.05) is 0 Å². The highest BCUT2D eigenvalue weighted by Crippen LogP contribution is 2.68. The van der Waals surface area contributed by atoms with E-state index in [0.717, 1.165) is 17.8 Å². The van der Waals surface area contributed by atoms with E-state index >= 15 is 0 Å². The van der Waals surface area contributed by atoms with Crippen molar-refractivity contribution in [3.8, 4) is 0 Å². The maximum atomic E-state index is 5.95. The Kier molecular flexibility index (Phi) is 0.935. The van der Waals surface area contributed by atoms with Crippen LogP contribution in [0.15, 0.2) is 12.2 Å². The summed E-state index contributed by atoms with van der Waals surface area (Å²) in [5.41, 5.74) is 0. The summed E-state index contributed by atoms with van der Waals surface area (Å²) in [6, 6.07) is 0. The lowest BCUT2D eigenvalue weighted by molar-refractivity contribution is -0.155. The molecule has 1 saturated heterocycles. The second-order valence-corrected chi connectivity index (χ2v) is 5.26. The Balaban J connectivity index is 1.74. The number of hydrogen-bond donors (Lipinski definition) is 0. The minimum absolute atomic E-state index is 0.336. The van der Waals surface area contributed by atoms with Gasteiger partial charge in [0.05, 0.1) is 12.2 Å². The Labute approximate surface area is 77.9 Å². The number of hydrogen-bond acceptors (Lipinski definition) is 2. The molecule has 0 unspecified atom stereocenters. The van der Waals surface area contributed by atoms with Gasteiger partial charge in [0.15, 0.2) is 5.79 Å². The minimum Gasteiger partial charge on any atom is -0.344 e. The molecule has 6 atom stereocenters. The SMILES string of the molecule is CC1(C)O[C@H]2[C@H]3C=C[C@@H]4[C@@H]3[C@@H]4[C@H]2O1. The van der Waals surface area contributed by atoms with Crippen molar-refractivity contribution in [2.24, 2.45) is 23.7 Å². The molecular weight excluding hydrogens is 164 g/mol. The van der Waals surface area contributed by atoms with Crippen molar-refractivity contribution in [2.45, 2.75) is 31.8 Å². The molecule has 0 radical (unpaired) electrons. The van der Waals surface area contributed by atoms with Crippen molar-refractivity contribution in [3.63, 3.8) is 0 Å². The summed E-state index contributed by atoms with van der Waals surface area (Å²) in [5, 5.41) is 0. The van der Waals surface area contributed by atoms with E-state index in [9.17, 15) is 0 Å². The zero-order chi connectivity index (χ0) is 8.79. The first kappa shape index (κ1) is 7.02. The smallest absolute Gasteiger partial charge is 0.163 e. The van der Waals surface area contributed by atoms with Gasteiger partial charge in [0.25, 0.3) is 0 Å². The van der Waals surface area contributed by atoms with E-state index < -0.39 is 0 Å². The molecule has 4 rings (SSSR count). The van der Waals surface area contributed by atoms with Crippen LogP contribution in [0.1, 0.15) is 13.8 Å². The molecule has 0 amide bonds. The summed E-state index contributed by atoms with van der Waals surface area (Å²) in [6.45, 7) is 4.06. The summed E-state index contributed by atoms with van der Waals surface area (Å²) < 4.78 is 11.9. The van der Waals surface area contributed by atoms with Crippen LogP contribution in [0.2, 0.25) is 0 Å². The van der Waals surface area contributed by atoms with Gasteiger partial charge >= 0.3 is 0 Å². The highest BCUT2D eigenvalue weighted by molar-refractivity contribution is 5.31. The van der Waals surface area contributed by atoms with Crippen LogP contribution in [-0.4, -0.2) is 18.0 Å². The first-order chi connectivity index (χ1) is 6.17. The van der Waals surface area contributed by atoms with Crippen LogP contribution in [0, 0.1) is 23.7 Å². The van der Waals surface area contributed by atoms with Crippen LogP contribution in [0.4, 0.5) is 0 Å². The Morgan fingerprint density at radius 2 is 1.62 bits per heavy atom. The molecule has 2 saturated carbocycles. The molecule has 1 heterocycles. The second kappa shape index (κ2) is 1.73. The van der Waals surface area contributed by atoms with Gasteiger partial charge in [-0.15, -0.1) is 0 Å². The van der Waals surface area contributed by atoms with Crippen molar-refractivity contribution >= 4 is 0 Å². The molecule has 0 aromatic heterocycles. The average molecular weight is 178 g/mol. The summed E-state index contributed by atoms with van der Waals surface area (Å²) in [4.78, 5) is 0. The molecular formula is C11H14O2. The molecule has 2 nitrogen and oxygen atoms in total. The zero-order valence-electron chi connectivity index (χ0n) is 7.94. The van der Waals surface area contributed by atoms with Gasteiger partial charge in [-0.2, -0.15) is 0 Å². The van der Waals surface area contributed by atoms with Gasteiger partial charge in [-0.1, -0.05) is 12.2 Å². The molecule has 13 heavy (non-hydrogen) atoms. The van der Waals surface area contributed by atoms with E-state index in [1.165, 1.54) is 0 Å². The van der Waals surface area contributed by atoms with Crippen molar-refractivity contribution in [1.29, 1.82) is 0 Å². The van der Waals surface area contributed by atoms with Gasteiger partial charge in [0.1, 0.15) is 0 Å². The Hall–Kier alpha value is -0.340. The zero-order valence-corrected chi connectivity index (χ0v) is 7.94. The average Bonchev–Trinajstić information content (AvgIpc) is 2.33. The lowest BCUT2D eigenvalue weighted by atomic mass is 10.0. The topological polar surface area (TPSA) is 18.5 Å². The summed E-state index contributed by atoms with van der Waals surface area (Å²) >= 11 is 0. The summed E-state index contributed by atoms with van der Waals surface area (Å²) in [7, 11) is 0. The van der Waals surface area contributed by atoms with Gasteiger partial charge in [0.2, 0.25) is 0 Å². The van der Waals surface area contributed by atoms with Gasteiger partial charge < -0.3 is 9.47 Å². The molecule has 70 valence electrons. The quantitative estimate of drug-likeness (QED) is 0.524. The van der Waals surface area contributed by atoms with E-state index in [1.807, 2.05) is 13.8 Å². The normalized spacial score (nSPS) is 63.8. The van der Waals surface area contributed by atoms with Gasteiger partial charge in [-0.05, 0) is 31.6 Å². The van der Waals surface area contributed by atoms with E-state index in [1.54, 1.807) is 0 Å². The standard InChI is InChI=1S/C11H14O2/c1-11(2)12-9-6-4-3-5-7(6)8(5)10(9)13-11/h3-10H,1-2H3/t5-,6+,7+,8-,9+,10-/m1/s1. The summed E-state index contributed by atoms with van der Waals surface area (Å²) in [6.07, 6.45) is 5.48. The van der Waals surface area contributed by atoms with Crippen LogP contribution in [0.25, 0.3) is 0 Å². The maximum absolute atomic E-state index is 5.95. The molecule has 0 aromatic carbocycles. The predicted molar refractivity (Wildman–Crippen MR) is 46.9 cm³/mol. The van der Waals surface area contributed by atoms with Crippen LogP contribution in [0.3, 0.4) is 0 Å². The number of fused-ring (bicyclic) bond motifs is 4. The molecule has 0 N–H and O–H groups in total. The molecule has 4 aliphatic rings. The first-order valence-corrected chi connectivity index (χ1v) is 5.21. The lowest BCUT2D eigenvalue weighted by Crippen LogP contribution is -2.26. The fourth-order valence-electron chi connectivity index (χ4n) is 3.72. The van der Waals surface area contributed by atoms with Crippen molar-refractivity contribution in [1.82, 2.24) is 0 Å². The fraction of sp³-hybridized carbons (Fsp3) is 0.818. The molecule has 3 aliphatic carbocycles. The molecule has 2 heteroatoms. The van der Waals surface area contributed by atoms with E-state index in [0.29, 0.717) is 18.1 Å². The van der Waals surface area contributed by atoms with Crippen LogP contribution < -0.4 is 0 Å². The van der Waals surface area contributed by atoms with E-state index in [-0.39, 0.29) is 5.79 Å². The molecule has 1 aliphatic heterocycles. The Morgan fingerprint density at radius 1 is 0.923 bits per heavy atom. The summed E-state index contributed by atoms with van der Waals surface area (Å²) in [5.74, 6) is 2.84. The Morgan fingerprint density at radius 3 is 2.46 bits per heavy atom. The monoisotopic (exact) mass is 178 g/mol. The van der Waals surface area contributed by atoms with Crippen molar-refractivity contribution in [3.05, 3.63) is 12.2 Å². The van der Waals surface area contributed by atoms with E-state index in [2.05, 4.69) is 12.2 Å². The number of ether oxygens (including phenoxy) is 2. The predicted octanol–water partition coefficient (Wildman–Crippen LogP) is 1.57. The Bertz CT molecular complexity index is 307. The number of rotatable bonds is 0. The molecule has 0 bridgehead atoms. The van der Waals surface area contributed by atoms with Gasteiger partial charge in [-0.3, -0.25) is 0 Å². The van der Waals surface area contributed by atoms with Crippen LogP contribution in [-0.2, 0) is 9.47 Å². The fourth-order valence-corrected chi connectivity index (χ4v) is 3.72. The van der Waals surface area contributed by atoms with E-state index in [4.69, 9.17) is 9.47 Å². The van der Waals surface area contributed by atoms with Gasteiger partial charge in [0, 0.05) is 5.92 Å². The third-order valence-electron chi connectivity index (χ3n) is 4.11. The highest BCUT2D eigenvalue weighted by Gasteiger charge is 2.72. The molecule has 0 spiro atoms. The molecule has 0 aromatic rings. The number of allylic oxidation sites excluding steroid dienone is 1. The maximum Gasteiger partial charge on any atom is 0.163 e. The second-order valence-electron chi connectivity index (χ2n) is 5.26. The first-order valence-electron chi connectivity index (χ1n) is 5.21. The minimum atomic E-state index is -0.336. The third kappa shape index (κ3) is 0.658. The van der Waals surface area contributed by atoms with Crippen LogP contribution >= 0.6 is 0 Å². The van der Waals surface area contributed by atoms with Crippen molar-refractivity contribution < 1.29 is 9.47 Å². The van der Waals surface area contributed by atoms with Gasteiger partial charge in [-0.25, -0.2) is 0 Å². The largest absolute Gasteiger partial charge is 0.344 e. The molecule has 3 fully saturated rings. The highest BCUT2D eigenvalue weighted by atomic mass is 16.8. The lowest BCUT2D eigenvalue weighted by Gasteiger charge is -2.19. The van der Waals surface area contributed by atoms with Crippen LogP contribution in [0.5, 0.6) is 0 Å². The third-order valence-corrected chi connectivity index (χ3v) is 4.11.